The van der Waals surface area contributed by atoms with Crippen LogP contribution in [0.3, 0.4) is 0 Å². The fourth-order valence-electron chi connectivity index (χ4n) is 3.38. The average molecular weight is 226 g/mol. The van der Waals surface area contributed by atoms with Crippen molar-refractivity contribution in [3.63, 3.8) is 0 Å². The van der Waals surface area contributed by atoms with Crippen LogP contribution in [0.15, 0.2) is 0 Å². The Morgan fingerprint density at radius 2 is 2.12 bits per heavy atom. The molecule has 0 bridgehead atoms. The van der Waals surface area contributed by atoms with Crippen molar-refractivity contribution in [3.05, 3.63) is 0 Å². The highest BCUT2D eigenvalue weighted by Gasteiger charge is 2.30. The van der Waals surface area contributed by atoms with Gasteiger partial charge in [0, 0.05) is 25.2 Å². The largest absolute Gasteiger partial charge is 0.395 e. The van der Waals surface area contributed by atoms with Crippen LogP contribution in [0.25, 0.3) is 0 Å². The van der Waals surface area contributed by atoms with Crippen LogP contribution in [0.1, 0.15) is 39.0 Å². The van der Waals surface area contributed by atoms with Gasteiger partial charge in [0.05, 0.1) is 6.61 Å². The van der Waals surface area contributed by atoms with Crippen LogP contribution in [0, 0.1) is 5.92 Å². The zero-order valence-electron chi connectivity index (χ0n) is 10.5. The molecule has 3 atom stereocenters. The third kappa shape index (κ3) is 2.96. The molecule has 2 rings (SSSR count). The Kier molecular flexibility index (Phi) is 4.62. The van der Waals surface area contributed by atoms with E-state index in [-0.39, 0.29) is 0 Å². The Labute approximate surface area is 99.2 Å². The first-order valence-corrected chi connectivity index (χ1v) is 6.89. The fraction of sp³-hybridized carbons (Fsp3) is 1.00. The van der Waals surface area contributed by atoms with Crippen LogP contribution in [0.4, 0.5) is 0 Å². The lowest BCUT2D eigenvalue weighted by molar-refractivity contribution is 0.121. The molecule has 0 aromatic heterocycles. The molecule has 3 nitrogen and oxygen atoms in total. The van der Waals surface area contributed by atoms with Gasteiger partial charge in [-0.3, -0.25) is 4.90 Å². The van der Waals surface area contributed by atoms with Crippen molar-refractivity contribution in [1.82, 2.24) is 10.2 Å². The highest BCUT2D eigenvalue weighted by molar-refractivity contribution is 4.86. The monoisotopic (exact) mass is 226 g/mol. The summed E-state index contributed by atoms with van der Waals surface area (Å²) in [5.74, 6) is 0.813. The van der Waals surface area contributed by atoms with E-state index in [0.717, 1.165) is 25.0 Å². The molecule has 1 heterocycles. The summed E-state index contributed by atoms with van der Waals surface area (Å²) in [6.07, 6.45) is 6.69. The topological polar surface area (TPSA) is 35.5 Å². The number of hydrogen-bond donors (Lipinski definition) is 2. The van der Waals surface area contributed by atoms with Gasteiger partial charge in [-0.2, -0.15) is 0 Å². The molecule has 0 amide bonds. The molecule has 3 heteroatoms. The number of aliphatic hydroxyl groups excluding tert-OH is 1. The molecular formula is C13H26N2O. The van der Waals surface area contributed by atoms with Crippen molar-refractivity contribution in [2.75, 3.05) is 26.2 Å². The normalized spacial score (nSPS) is 35.1. The lowest BCUT2D eigenvalue weighted by Crippen LogP contribution is -2.45. The van der Waals surface area contributed by atoms with Crippen molar-refractivity contribution in [2.24, 2.45) is 5.92 Å². The molecule has 1 aliphatic carbocycles. The fourth-order valence-corrected chi connectivity index (χ4v) is 3.38. The molecular weight excluding hydrogens is 200 g/mol. The van der Waals surface area contributed by atoms with E-state index in [2.05, 4.69) is 17.1 Å². The zero-order chi connectivity index (χ0) is 11.4. The van der Waals surface area contributed by atoms with Crippen molar-refractivity contribution < 1.29 is 5.11 Å². The summed E-state index contributed by atoms with van der Waals surface area (Å²) in [5.41, 5.74) is 0. The Bertz CT molecular complexity index is 204. The SMILES string of the molecule is CC1CCCC1N(CCO)CC1CCCN1. The van der Waals surface area contributed by atoms with Gasteiger partial charge in [-0.15, -0.1) is 0 Å². The van der Waals surface area contributed by atoms with Gasteiger partial charge in [0.15, 0.2) is 0 Å². The van der Waals surface area contributed by atoms with Gasteiger partial charge in [0.1, 0.15) is 0 Å². The molecule has 2 fully saturated rings. The summed E-state index contributed by atoms with van der Waals surface area (Å²) in [6, 6.07) is 1.38. The minimum atomic E-state index is 0.302. The maximum absolute atomic E-state index is 9.20. The molecule has 1 saturated heterocycles. The van der Waals surface area contributed by atoms with Gasteiger partial charge in [0.2, 0.25) is 0 Å². The molecule has 2 aliphatic rings. The van der Waals surface area contributed by atoms with Gasteiger partial charge in [0.25, 0.3) is 0 Å². The Hall–Kier alpha value is -0.120. The Balaban J connectivity index is 1.87. The van der Waals surface area contributed by atoms with Crippen LogP contribution in [-0.4, -0.2) is 48.3 Å². The second-order valence-corrected chi connectivity index (χ2v) is 5.49. The average Bonchev–Trinajstić information content (AvgIpc) is 2.88. The predicted octanol–water partition coefficient (Wildman–Crippen LogP) is 1.22. The van der Waals surface area contributed by atoms with Crippen molar-refractivity contribution in [2.45, 2.75) is 51.1 Å². The molecule has 3 unspecified atom stereocenters. The Morgan fingerprint density at radius 3 is 2.69 bits per heavy atom. The van der Waals surface area contributed by atoms with E-state index >= 15 is 0 Å². The minimum Gasteiger partial charge on any atom is -0.395 e. The molecule has 2 N–H and O–H groups in total. The quantitative estimate of drug-likeness (QED) is 0.740. The number of nitrogens with zero attached hydrogens (tertiary/aromatic N) is 1. The van der Waals surface area contributed by atoms with Crippen LogP contribution in [0.2, 0.25) is 0 Å². The third-order valence-electron chi connectivity index (χ3n) is 4.29. The lowest BCUT2D eigenvalue weighted by atomic mass is 10.0. The molecule has 0 spiro atoms. The van der Waals surface area contributed by atoms with E-state index in [1.807, 2.05) is 0 Å². The van der Waals surface area contributed by atoms with Gasteiger partial charge in [-0.25, -0.2) is 0 Å². The van der Waals surface area contributed by atoms with Crippen LogP contribution < -0.4 is 5.32 Å². The first-order valence-electron chi connectivity index (χ1n) is 6.89. The molecule has 0 radical (unpaired) electrons. The highest BCUT2D eigenvalue weighted by Crippen LogP contribution is 2.29. The molecule has 94 valence electrons. The zero-order valence-corrected chi connectivity index (χ0v) is 10.5. The first-order chi connectivity index (χ1) is 7.81. The number of hydrogen-bond acceptors (Lipinski definition) is 3. The molecule has 0 aromatic rings. The van der Waals surface area contributed by atoms with E-state index < -0.39 is 0 Å². The summed E-state index contributed by atoms with van der Waals surface area (Å²) in [6.45, 7) is 5.83. The van der Waals surface area contributed by atoms with Gasteiger partial charge in [-0.05, 0) is 38.1 Å². The standard InChI is InChI=1S/C13H26N2O/c1-11-4-2-6-13(11)15(8-9-16)10-12-5-3-7-14-12/h11-14,16H,2-10H2,1H3. The van der Waals surface area contributed by atoms with E-state index in [0.29, 0.717) is 12.6 Å². The molecule has 0 aromatic carbocycles. The van der Waals surface area contributed by atoms with E-state index in [1.54, 1.807) is 0 Å². The first kappa shape index (κ1) is 12.3. The maximum atomic E-state index is 9.20. The van der Waals surface area contributed by atoms with Crippen molar-refractivity contribution in [1.29, 1.82) is 0 Å². The van der Waals surface area contributed by atoms with Crippen molar-refractivity contribution >= 4 is 0 Å². The second kappa shape index (κ2) is 5.99. The minimum absolute atomic E-state index is 0.302. The second-order valence-electron chi connectivity index (χ2n) is 5.49. The summed E-state index contributed by atoms with van der Waals surface area (Å²) < 4.78 is 0. The number of aliphatic hydroxyl groups is 1. The number of nitrogens with one attached hydrogen (secondary N) is 1. The maximum Gasteiger partial charge on any atom is 0.0558 e. The highest BCUT2D eigenvalue weighted by atomic mass is 16.3. The lowest BCUT2D eigenvalue weighted by Gasteiger charge is -2.33. The van der Waals surface area contributed by atoms with Crippen LogP contribution in [-0.2, 0) is 0 Å². The van der Waals surface area contributed by atoms with E-state index in [9.17, 15) is 5.11 Å². The molecule has 1 saturated carbocycles. The summed E-state index contributed by atoms with van der Waals surface area (Å²) in [5, 5.41) is 12.8. The summed E-state index contributed by atoms with van der Waals surface area (Å²) in [7, 11) is 0. The smallest absolute Gasteiger partial charge is 0.0558 e. The third-order valence-corrected chi connectivity index (χ3v) is 4.29. The summed E-state index contributed by atoms with van der Waals surface area (Å²) >= 11 is 0. The van der Waals surface area contributed by atoms with E-state index in [1.165, 1.54) is 38.6 Å². The van der Waals surface area contributed by atoms with Crippen LogP contribution >= 0.6 is 0 Å². The van der Waals surface area contributed by atoms with Crippen LogP contribution in [0.5, 0.6) is 0 Å². The summed E-state index contributed by atoms with van der Waals surface area (Å²) in [4.78, 5) is 2.53. The van der Waals surface area contributed by atoms with Gasteiger partial charge in [-0.1, -0.05) is 13.3 Å². The van der Waals surface area contributed by atoms with Gasteiger partial charge >= 0.3 is 0 Å². The van der Waals surface area contributed by atoms with E-state index in [4.69, 9.17) is 0 Å². The predicted molar refractivity (Wildman–Crippen MR) is 66.5 cm³/mol. The number of rotatable bonds is 5. The molecule has 16 heavy (non-hydrogen) atoms. The van der Waals surface area contributed by atoms with Gasteiger partial charge < -0.3 is 10.4 Å². The Morgan fingerprint density at radius 1 is 1.25 bits per heavy atom. The molecule has 1 aliphatic heterocycles. The van der Waals surface area contributed by atoms with Crippen molar-refractivity contribution in [3.8, 4) is 0 Å².